The minimum absolute atomic E-state index is 0.0396. The third-order valence-corrected chi connectivity index (χ3v) is 2.52. The number of hydrogen-bond acceptors (Lipinski definition) is 4. The van der Waals surface area contributed by atoms with Crippen molar-refractivity contribution in [3.05, 3.63) is 0 Å². The second-order valence-corrected chi connectivity index (χ2v) is 4.23. The van der Waals surface area contributed by atoms with E-state index in [4.69, 9.17) is 4.74 Å². The maximum absolute atomic E-state index is 11.3. The summed E-state index contributed by atoms with van der Waals surface area (Å²) in [6.07, 6.45) is 3.04. The van der Waals surface area contributed by atoms with Gasteiger partial charge in [-0.3, -0.25) is 4.79 Å². The van der Waals surface area contributed by atoms with Gasteiger partial charge in [0.15, 0.2) is 0 Å². The number of rotatable bonds is 9. The Labute approximate surface area is 96.6 Å². The number of amides is 1. The summed E-state index contributed by atoms with van der Waals surface area (Å²) in [5, 5.41) is 15.4. The van der Waals surface area contributed by atoms with Crippen LogP contribution in [0.25, 0.3) is 0 Å². The van der Waals surface area contributed by atoms with Crippen LogP contribution < -0.4 is 10.6 Å². The largest absolute Gasteiger partial charge is 0.391 e. The number of methoxy groups -OCH3 is 1. The Morgan fingerprint density at radius 3 is 2.88 bits per heavy atom. The molecule has 1 atom stereocenters. The van der Waals surface area contributed by atoms with Crippen LogP contribution in [0.2, 0.25) is 0 Å². The number of nitrogens with one attached hydrogen (secondary N) is 2. The third kappa shape index (κ3) is 6.76. The molecule has 1 amide bonds. The smallest absolute Gasteiger partial charge is 0.221 e. The van der Waals surface area contributed by atoms with Crippen LogP contribution in [0.3, 0.4) is 0 Å². The highest BCUT2D eigenvalue weighted by atomic mass is 16.5. The van der Waals surface area contributed by atoms with Crippen molar-refractivity contribution in [1.29, 1.82) is 0 Å². The number of carbonyl (C=O) groups is 1. The number of aliphatic hydroxyl groups is 1. The molecule has 16 heavy (non-hydrogen) atoms. The molecule has 1 aliphatic carbocycles. The molecule has 1 fully saturated rings. The molecule has 94 valence electrons. The van der Waals surface area contributed by atoms with Gasteiger partial charge in [-0.2, -0.15) is 0 Å². The monoisotopic (exact) mass is 230 g/mol. The molecule has 5 heteroatoms. The first-order valence-electron chi connectivity index (χ1n) is 5.89. The van der Waals surface area contributed by atoms with Crippen molar-refractivity contribution in [2.24, 2.45) is 0 Å². The third-order valence-electron chi connectivity index (χ3n) is 2.52. The Balaban J connectivity index is 1.88. The average molecular weight is 230 g/mol. The predicted molar refractivity (Wildman–Crippen MR) is 61.2 cm³/mol. The molecule has 0 aliphatic heterocycles. The van der Waals surface area contributed by atoms with Crippen molar-refractivity contribution < 1.29 is 14.6 Å². The van der Waals surface area contributed by atoms with Crippen molar-refractivity contribution in [1.82, 2.24) is 10.6 Å². The molecule has 1 aliphatic rings. The molecule has 1 rings (SSSR count). The Bertz CT molecular complexity index is 207. The Morgan fingerprint density at radius 1 is 1.50 bits per heavy atom. The fraction of sp³-hybridized carbons (Fsp3) is 0.909. The summed E-state index contributed by atoms with van der Waals surface area (Å²) in [6.45, 7) is 1.57. The minimum atomic E-state index is -0.491. The Kier molecular flexibility index (Phi) is 6.37. The van der Waals surface area contributed by atoms with Crippen molar-refractivity contribution in [3.63, 3.8) is 0 Å². The van der Waals surface area contributed by atoms with Gasteiger partial charge in [0.25, 0.3) is 0 Å². The first kappa shape index (κ1) is 13.4. The summed E-state index contributed by atoms with van der Waals surface area (Å²) in [5.41, 5.74) is 0. The molecule has 1 saturated carbocycles. The van der Waals surface area contributed by atoms with E-state index in [0.29, 0.717) is 32.0 Å². The van der Waals surface area contributed by atoms with Gasteiger partial charge in [0.2, 0.25) is 5.91 Å². The van der Waals surface area contributed by atoms with Gasteiger partial charge in [-0.1, -0.05) is 0 Å². The summed E-state index contributed by atoms with van der Waals surface area (Å²) in [7, 11) is 1.55. The van der Waals surface area contributed by atoms with E-state index in [1.165, 1.54) is 12.8 Å². The zero-order valence-electron chi connectivity index (χ0n) is 9.87. The fourth-order valence-corrected chi connectivity index (χ4v) is 1.42. The topological polar surface area (TPSA) is 70.6 Å². The van der Waals surface area contributed by atoms with Crippen LogP contribution in [0.1, 0.15) is 25.7 Å². The quantitative estimate of drug-likeness (QED) is 0.506. The summed E-state index contributed by atoms with van der Waals surface area (Å²) in [4.78, 5) is 11.3. The van der Waals surface area contributed by atoms with Crippen LogP contribution in [0.4, 0.5) is 0 Å². The molecule has 0 aromatic heterocycles. The van der Waals surface area contributed by atoms with Crippen LogP contribution >= 0.6 is 0 Å². The highest BCUT2D eigenvalue weighted by molar-refractivity contribution is 5.76. The molecule has 0 aromatic carbocycles. The molecular weight excluding hydrogens is 208 g/mol. The number of aliphatic hydroxyl groups excluding tert-OH is 1. The molecule has 5 nitrogen and oxygen atoms in total. The lowest BCUT2D eigenvalue weighted by atomic mass is 10.2. The summed E-state index contributed by atoms with van der Waals surface area (Å²) < 4.78 is 4.79. The minimum Gasteiger partial charge on any atom is -0.391 e. The maximum Gasteiger partial charge on any atom is 0.221 e. The van der Waals surface area contributed by atoms with Crippen molar-refractivity contribution in [2.75, 3.05) is 26.8 Å². The lowest BCUT2D eigenvalue weighted by Crippen LogP contribution is -2.31. The lowest BCUT2D eigenvalue weighted by Gasteiger charge is -2.10. The highest BCUT2D eigenvalue weighted by Crippen LogP contribution is 2.18. The number of carbonyl (C=O) groups excluding carboxylic acids is 1. The van der Waals surface area contributed by atoms with Gasteiger partial charge in [-0.15, -0.1) is 0 Å². The lowest BCUT2D eigenvalue weighted by molar-refractivity contribution is -0.121. The first-order valence-corrected chi connectivity index (χ1v) is 5.89. The van der Waals surface area contributed by atoms with Crippen LogP contribution in [0.5, 0.6) is 0 Å². The highest BCUT2D eigenvalue weighted by Gasteiger charge is 2.19. The fourth-order valence-electron chi connectivity index (χ4n) is 1.42. The molecular formula is C11H22N2O3. The summed E-state index contributed by atoms with van der Waals surface area (Å²) >= 11 is 0. The van der Waals surface area contributed by atoms with Gasteiger partial charge in [-0.25, -0.2) is 0 Å². The standard InChI is InChI=1S/C11H22N2O3/c1-16-8-10(14)4-6-13-11(15)5-7-12-9-2-3-9/h9-10,12,14H,2-8H2,1H3,(H,13,15). The normalized spacial score (nSPS) is 17.1. The Hall–Kier alpha value is -0.650. The summed E-state index contributed by atoms with van der Waals surface area (Å²) in [5.74, 6) is 0.0396. The van der Waals surface area contributed by atoms with E-state index < -0.39 is 6.10 Å². The zero-order valence-corrected chi connectivity index (χ0v) is 9.87. The molecule has 1 unspecified atom stereocenters. The van der Waals surface area contributed by atoms with E-state index in [-0.39, 0.29) is 5.91 Å². The van der Waals surface area contributed by atoms with Crippen LogP contribution in [-0.4, -0.2) is 50.0 Å². The van der Waals surface area contributed by atoms with Crippen molar-refractivity contribution in [3.8, 4) is 0 Å². The second-order valence-electron chi connectivity index (χ2n) is 4.23. The molecule has 3 N–H and O–H groups in total. The van der Waals surface area contributed by atoms with E-state index in [0.717, 1.165) is 6.54 Å². The Morgan fingerprint density at radius 2 is 2.25 bits per heavy atom. The van der Waals surface area contributed by atoms with Gasteiger partial charge in [-0.05, 0) is 19.3 Å². The van der Waals surface area contributed by atoms with Gasteiger partial charge >= 0.3 is 0 Å². The van der Waals surface area contributed by atoms with Gasteiger partial charge in [0.05, 0.1) is 12.7 Å². The molecule has 0 aromatic rings. The molecule has 0 saturated heterocycles. The van der Waals surface area contributed by atoms with E-state index in [1.807, 2.05) is 0 Å². The van der Waals surface area contributed by atoms with Crippen molar-refractivity contribution >= 4 is 5.91 Å². The van der Waals surface area contributed by atoms with E-state index in [2.05, 4.69) is 10.6 Å². The molecule has 0 heterocycles. The van der Waals surface area contributed by atoms with Crippen LogP contribution in [0.15, 0.2) is 0 Å². The van der Waals surface area contributed by atoms with Gasteiger partial charge in [0.1, 0.15) is 0 Å². The molecule has 0 spiro atoms. The van der Waals surface area contributed by atoms with E-state index >= 15 is 0 Å². The average Bonchev–Trinajstić information content (AvgIpc) is 3.02. The van der Waals surface area contributed by atoms with Crippen LogP contribution in [-0.2, 0) is 9.53 Å². The first-order chi connectivity index (χ1) is 7.72. The summed E-state index contributed by atoms with van der Waals surface area (Å²) in [6, 6.07) is 0.649. The SMILES string of the molecule is COCC(O)CCNC(=O)CCNC1CC1. The molecule has 0 radical (unpaired) electrons. The zero-order chi connectivity index (χ0) is 11.8. The van der Waals surface area contributed by atoms with E-state index in [1.54, 1.807) is 7.11 Å². The van der Waals surface area contributed by atoms with Crippen LogP contribution in [0, 0.1) is 0 Å². The number of ether oxygens (including phenoxy) is 1. The maximum atomic E-state index is 11.3. The van der Waals surface area contributed by atoms with Crippen molar-refractivity contribution in [2.45, 2.75) is 37.8 Å². The molecule has 0 bridgehead atoms. The number of hydrogen-bond donors (Lipinski definition) is 3. The van der Waals surface area contributed by atoms with E-state index in [9.17, 15) is 9.90 Å². The second kappa shape index (κ2) is 7.60. The predicted octanol–water partition coefficient (Wildman–Crippen LogP) is -0.358. The van der Waals surface area contributed by atoms with Gasteiger partial charge < -0.3 is 20.5 Å². The van der Waals surface area contributed by atoms with Gasteiger partial charge in [0, 0.05) is 32.7 Å².